The van der Waals surface area contributed by atoms with E-state index in [9.17, 15) is 8.42 Å². The van der Waals surface area contributed by atoms with Crippen LogP contribution in [0.2, 0.25) is 0 Å². The molecule has 0 saturated carbocycles. The predicted molar refractivity (Wildman–Crippen MR) is 78.9 cm³/mol. The number of nitrogens with one attached hydrogen (secondary N) is 2. The standard InChI is InChI=1S/C12H21N3O2S2/c1-3-13-7-11-6-12(8-14-11)19(16,17)15-4-5-18-9-10(15)2/h6,8,10,13-14H,3-5,7,9H2,1-2H3. The molecule has 1 aliphatic heterocycles. The smallest absolute Gasteiger partial charge is 0.244 e. The summed E-state index contributed by atoms with van der Waals surface area (Å²) in [6.45, 7) is 6.12. The second-order valence-electron chi connectivity index (χ2n) is 4.68. The second-order valence-corrected chi connectivity index (χ2v) is 7.72. The van der Waals surface area contributed by atoms with Crippen LogP contribution in [-0.2, 0) is 16.6 Å². The molecule has 1 aromatic heterocycles. The number of hydrogen-bond donors (Lipinski definition) is 2. The molecule has 1 unspecified atom stereocenters. The zero-order valence-electron chi connectivity index (χ0n) is 11.3. The zero-order valence-corrected chi connectivity index (χ0v) is 13.0. The Morgan fingerprint density at radius 1 is 1.58 bits per heavy atom. The lowest BCUT2D eigenvalue weighted by Crippen LogP contribution is -2.44. The van der Waals surface area contributed by atoms with Gasteiger partial charge in [-0.05, 0) is 19.5 Å². The lowest BCUT2D eigenvalue weighted by atomic mass is 10.4. The number of nitrogens with zero attached hydrogens (tertiary/aromatic N) is 1. The average Bonchev–Trinajstić information content (AvgIpc) is 2.86. The van der Waals surface area contributed by atoms with Crippen LogP contribution in [0, 0.1) is 0 Å². The SMILES string of the molecule is CCNCc1cc(S(=O)(=O)N2CCSCC2C)c[nH]1. The number of sulfonamides is 1. The third-order valence-corrected chi connectivity index (χ3v) is 6.38. The van der Waals surface area contributed by atoms with Gasteiger partial charge in [0.15, 0.2) is 0 Å². The summed E-state index contributed by atoms with van der Waals surface area (Å²) in [4.78, 5) is 3.40. The van der Waals surface area contributed by atoms with E-state index < -0.39 is 10.0 Å². The van der Waals surface area contributed by atoms with Gasteiger partial charge in [-0.3, -0.25) is 0 Å². The van der Waals surface area contributed by atoms with Gasteiger partial charge in [-0.25, -0.2) is 8.42 Å². The maximum absolute atomic E-state index is 12.6. The zero-order chi connectivity index (χ0) is 13.9. The van der Waals surface area contributed by atoms with E-state index in [0.29, 0.717) is 18.0 Å². The summed E-state index contributed by atoms with van der Waals surface area (Å²) in [5, 5.41) is 3.17. The summed E-state index contributed by atoms with van der Waals surface area (Å²) < 4.78 is 26.7. The van der Waals surface area contributed by atoms with Gasteiger partial charge < -0.3 is 10.3 Å². The molecular formula is C12H21N3O2S2. The summed E-state index contributed by atoms with van der Waals surface area (Å²) in [5.41, 5.74) is 0.902. The minimum atomic E-state index is -3.35. The summed E-state index contributed by atoms with van der Waals surface area (Å²) >= 11 is 1.81. The molecule has 2 rings (SSSR count). The van der Waals surface area contributed by atoms with Crippen LogP contribution >= 0.6 is 11.8 Å². The molecule has 0 aromatic carbocycles. The Bertz CT molecular complexity index is 513. The second kappa shape index (κ2) is 6.30. The van der Waals surface area contributed by atoms with Crippen LogP contribution in [0.25, 0.3) is 0 Å². The fourth-order valence-corrected chi connectivity index (χ4v) is 5.01. The fourth-order valence-electron chi connectivity index (χ4n) is 2.13. The Morgan fingerprint density at radius 3 is 3.05 bits per heavy atom. The lowest BCUT2D eigenvalue weighted by molar-refractivity contribution is 0.367. The van der Waals surface area contributed by atoms with E-state index in [0.717, 1.165) is 23.7 Å². The van der Waals surface area contributed by atoms with E-state index in [4.69, 9.17) is 0 Å². The van der Waals surface area contributed by atoms with E-state index in [1.54, 1.807) is 16.6 Å². The largest absolute Gasteiger partial charge is 0.363 e. The van der Waals surface area contributed by atoms with Crippen molar-refractivity contribution in [1.82, 2.24) is 14.6 Å². The van der Waals surface area contributed by atoms with Crippen molar-refractivity contribution < 1.29 is 8.42 Å². The van der Waals surface area contributed by atoms with E-state index in [1.165, 1.54) is 0 Å². The number of aromatic nitrogens is 1. The maximum atomic E-state index is 12.6. The Balaban J connectivity index is 2.16. The number of H-pyrrole nitrogens is 1. The van der Waals surface area contributed by atoms with Gasteiger partial charge >= 0.3 is 0 Å². The molecule has 0 amide bonds. The molecule has 0 spiro atoms. The highest BCUT2D eigenvalue weighted by Crippen LogP contribution is 2.24. The molecule has 0 aliphatic carbocycles. The Morgan fingerprint density at radius 2 is 2.37 bits per heavy atom. The van der Waals surface area contributed by atoms with Crippen LogP contribution in [0.4, 0.5) is 0 Å². The van der Waals surface area contributed by atoms with E-state index >= 15 is 0 Å². The van der Waals surface area contributed by atoms with Crippen molar-refractivity contribution in [2.75, 3.05) is 24.6 Å². The highest BCUT2D eigenvalue weighted by Gasteiger charge is 2.31. The molecule has 1 fully saturated rings. The van der Waals surface area contributed by atoms with E-state index in [-0.39, 0.29) is 6.04 Å². The first-order valence-electron chi connectivity index (χ1n) is 6.53. The van der Waals surface area contributed by atoms with Crippen LogP contribution in [0.5, 0.6) is 0 Å². The minimum absolute atomic E-state index is 0.0656. The van der Waals surface area contributed by atoms with Gasteiger partial charge in [0.2, 0.25) is 10.0 Å². The monoisotopic (exact) mass is 303 g/mol. The molecular weight excluding hydrogens is 282 g/mol. The molecule has 1 atom stereocenters. The summed E-state index contributed by atoms with van der Waals surface area (Å²) in [6, 6.07) is 1.79. The topological polar surface area (TPSA) is 65.2 Å². The van der Waals surface area contributed by atoms with Crippen molar-refractivity contribution in [3.63, 3.8) is 0 Å². The molecule has 1 saturated heterocycles. The third kappa shape index (κ3) is 3.34. The average molecular weight is 303 g/mol. The van der Waals surface area contributed by atoms with Crippen molar-refractivity contribution in [3.05, 3.63) is 18.0 Å². The van der Waals surface area contributed by atoms with Crippen molar-refractivity contribution in [2.45, 2.75) is 31.3 Å². The summed E-state index contributed by atoms with van der Waals surface area (Å²) in [5.74, 6) is 1.74. The maximum Gasteiger partial charge on any atom is 0.244 e. The van der Waals surface area contributed by atoms with Gasteiger partial charge in [-0.2, -0.15) is 16.1 Å². The molecule has 0 bridgehead atoms. The van der Waals surface area contributed by atoms with Crippen molar-refractivity contribution in [1.29, 1.82) is 0 Å². The van der Waals surface area contributed by atoms with Crippen LogP contribution in [-0.4, -0.2) is 48.3 Å². The minimum Gasteiger partial charge on any atom is -0.363 e. The highest BCUT2D eigenvalue weighted by molar-refractivity contribution is 7.99. The molecule has 1 aromatic rings. The van der Waals surface area contributed by atoms with Gasteiger partial charge in [0.05, 0.1) is 4.90 Å². The molecule has 0 radical (unpaired) electrons. The Labute approximate surface area is 119 Å². The van der Waals surface area contributed by atoms with Gasteiger partial charge in [0.25, 0.3) is 0 Å². The highest BCUT2D eigenvalue weighted by atomic mass is 32.2. The van der Waals surface area contributed by atoms with E-state index in [2.05, 4.69) is 10.3 Å². The molecule has 19 heavy (non-hydrogen) atoms. The first-order valence-corrected chi connectivity index (χ1v) is 9.12. The number of aromatic amines is 1. The van der Waals surface area contributed by atoms with Crippen molar-refractivity contribution in [3.8, 4) is 0 Å². The van der Waals surface area contributed by atoms with E-state index in [1.807, 2.05) is 25.6 Å². The van der Waals surface area contributed by atoms with Crippen LogP contribution in [0.1, 0.15) is 19.5 Å². The van der Waals surface area contributed by atoms with Gasteiger partial charge in [0.1, 0.15) is 0 Å². The van der Waals surface area contributed by atoms with Crippen molar-refractivity contribution >= 4 is 21.8 Å². The summed E-state index contributed by atoms with van der Waals surface area (Å²) in [6.07, 6.45) is 1.59. The van der Waals surface area contributed by atoms with Crippen LogP contribution in [0.3, 0.4) is 0 Å². The normalized spacial score (nSPS) is 21.7. The molecule has 5 nitrogen and oxygen atoms in total. The third-order valence-electron chi connectivity index (χ3n) is 3.20. The lowest BCUT2D eigenvalue weighted by Gasteiger charge is -2.31. The van der Waals surface area contributed by atoms with Gasteiger partial charge in [0, 0.05) is 42.5 Å². The van der Waals surface area contributed by atoms with Crippen molar-refractivity contribution in [2.24, 2.45) is 0 Å². The predicted octanol–water partition coefficient (Wildman–Crippen LogP) is 1.25. The molecule has 2 N–H and O–H groups in total. The molecule has 108 valence electrons. The van der Waals surface area contributed by atoms with Crippen LogP contribution in [0.15, 0.2) is 17.2 Å². The first kappa shape index (κ1) is 14.9. The van der Waals surface area contributed by atoms with Gasteiger partial charge in [-0.15, -0.1) is 0 Å². The fraction of sp³-hybridized carbons (Fsp3) is 0.667. The number of hydrogen-bond acceptors (Lipinski definition) is 4. The quantitative estimate of drug-likeness (QED) is 0.859. The van der Waals surface area contributed by atoms with Crippen LogP contribution < -0.4 is 5.32 Å². The summed E-state index contributed by atoms with van der Waals surface area (Å²) in [7, 11) is -3.35. The Hall–Kier alpha value is -0.500. The number of rotatable bonds is 5. The Kier molecular flexibility index (Phi) is 4.94. The number of thioether (sulfide) groups is 1. The molecule has 2 heterocycles. The molecule has 7 heteroatoms. The van der Waals surface area contributed by atoms with Gasteiger partial charge in [-0.1, -0.05) is 6.92 Å². The molecule has 1 aliphatic rings. The first-order chi connectivity index (χ1) is 9.05.